The number of hydrogen-bond acceptors (Lipinski definition) is 9. The summed E-state index contributed by atoms with van der Waals surface area (Å²) in [5.74, 6) is 2.75. The van der Waals surface area contributed by atoms with Gasteiger partial charge >= 0.3 is 0 Å². The minimum atomic E-state index is -0.113. The Balaban J connectivity index is 1.52. The van der Waals surface area contributed by atoms with Crippen LogP contribution in [0.1, 0.15) is 38.2 Å². The topological polar surface area (TPSA) is 89.9 Å². The maximum absolute atomic E-state index is 5.26. The van der Waals surface area contributed by atoms with Crippen LogP contribution in [-0.2, 0) is 17.7 Å². The molecular formula is C14H17N5O2S2. The molecule has 0 saturated heterocycles. The Morgan fingerprint density at radius 1 is 1.30 bits per heavy atom. The van der Waals surface area contributed by atoms with Crippen LogP contribution < -0.4 is 5.32 Å². The summed E-state index contributed by atoms with van der Waals surface area (Å²) < 4.78 is 11.4. The van der Waals surface area contributed by atoms with Crippen LogP contribution >= 0.6 is 23.1 Å². The van der Waals surface area contributed by atoms with Crippen molar-refractivity contribution in [2.45, 2.75) is 42.8 Å². The van der Waals surface area contributed by atoms with E-state index in [1.54, 1.807) is 6.26 Å². The van der Waals surface area contributed by atoms with Crippen molar-refractivity contribution < 1.29 is 8.94 Å². The van der Waals surface area contributed by atoms with Gasteiger partial charge < -0.3 is 14.3 Å². The van der Waals surface area contributed by atoms with Gasteiger partial charge in [0.2, 0.25) is 11.0 Å². The molecule has 1 N–H and O–H groups in total. The van der Waals surface area contributed by atoms with Gasteiger partial charge in [-0.1, -0.05) is 49.0 Å². The van der Waals surface area contributed by atoms with Crippen molar-refractivity contribution in [2.75, 3.05) is 5.32 Å². The van der Waals surface area contributed by atoms with Crippen LogP contribution in [0.4, 0.5) is 5.13 Å². The molecule has 23 heavy (non-hydrogen) atoms. The maximum Gasteiger partial charge on any atom is 0.237 e. The number of rotatable bonds is 6. The van der Waals surface area contributed by atoms with E-state index in [1.807, 2.05) is 12.1 Å². The summed E-state index contributed by atoms with van der Waals surface area (Å²) in [6, 6.07) is 3.76. The average molecular weight is 351 g/mol. The van der Waals surface area contributed by atoms with Gasteiger partial charge in [0.15, 0.2) is 10.2 Å². The zero-order chi connectivity index (χ0) is 16.3. The number of nitrogens with one attached hydrogen (secondary N) is 1. The fourth-order valence-electron chi connectivity index (χ4n) is 1.66. The Kier molecular flexibility index (Phi) is 4.67. The molecule has 0 amide bonds. The molecule has 0 spiro atoms. The van der Waals surface area contributed by atoms with Gasteiger partial charge in [0.1, 0.15) is 5.76 Å². The van der Waals surface area contributed by atoms with Gasteiger partial charge in [-0.15, -0.1) is 10.2 Å². The summed E-state index contributed by atoms with van der Waals surface area (Å²) in [6.07, 6.45) is 1.65. The van der Waals surface area contributed by atoms with Crippen molar-refractivity contribution in [1.82, 2.24) is 20.3 Å². The highest BCUT2D eigenvalue weighted by molar-refractivity contribution is 8.00. The normalized spacial score (nSPS) is 11.8. The van der Waals surface area contributed by atoms with Crippen LogP contribution in [0.25, 0.3) is 0 Å². The summed E-state index contributed by atoms with van der Waals surface area (Å²) >= 11 is 3.01. The van der Waals surface area contributed by atoms with E-state index in [0.29, 0.717) is 24.0 Å². The molecule has 0 aromatic carbocycles. The molecule has 3 aromatic heterocycles. The van der Waals surface area contributed by atoms with Crippen molar-refractivity contribution in [2.24, 2.45) is 0 Å². The predicted molar refractivity (Wildman–Crippen MR) is 88.5 cm³/mol. The molecule has 0 aliphatic rings. The van der Waals surface area contributed by atoms with Gasteiger partial charge in [-0.05, 0) is 12.1 Å². The predicted octanol–water partition coefficient (Wildman–Crippen LogP) is 3.72. The molecule has 0 fully saturated rings. The Bertz CT molecular complexity index is 745. The zero-order valence-corrected chi connectivity index (χ0v) is 14.7. The first kappa shape index (κ1) is 16.0. The van der Waals surface area contributed by atoms with E-state index in [-0.39, 0.29) is 5.41 Å². The van der Waals surface area contributed by atoms with Crippen molar-refractivity contribution in [3.05, 3.63) is 35.9 Å². The third-order valence-corrected chi connectivity index (χ3v) is 4.86. The number of hydrogen-bond donors (Lipinski definition) is 1. The quantitative estimate of drug-likeness (QED) is 0.672. The smallest absolute Gasteiger partial charge is 0.237 e. The van der Waals surface area contributed by atoms with Crippen LogP contribution in [0.2, 0.25) is 0 Å². The van der Waals surface area contributed by atoms with E-state index in [0.717, 1.165) is 15.2 Å². The minimum absolute atomic E-state index is 0.113. The first-order valence-corrected chi connectivity index (χ1v) is 8.86. The van der Waals surface area contributed by atoms with Crippen LogP contribution in [-0.4, -0.2) is 20.3 Å². The summed E-state index contributed by atoms with van der Waals surface area (Å²) in [5, 5.41) is 16.2. The number of aromatic nitrogens is 4. The molecule has 0 unspecified atom stereocenters. The minimum Gasteiger partial charge on any atom is -0.467 e. The van der Waals surface area contributed by atoms with Crippen molar-refractivity contribution in [3.63, 3.8) is 0 Å². The van der Waals surface area contributed by atoms with Gasteiger partial charge in [0, 0.05) is 5.41 Å². The monoisotopic (exact) mass is 351 g/mol. The van der Waals surface area contributed by atoms with Crippen LogP contribution in [0.5, 0.6) is 0 Å². The maximum atomic E-state index is 5.26. The molecule has 0 saturated carbocycles. The highest BCUT2D eigenvalue weighted by atomic mass is 32.2. The second-order valence-electron chi connectivity index (χ2n) is 5.86. The third-order valence-electron chi connectivity index (χ3n) is 2.86. The highest BCUT2D eigenvalue weighted by Crippen LogP contribution is 2.29. The van der Waals surface area contributed by atoms with E-state index < -0.39 is 0 Å². The standard InChI is InChI=1S/C14H17N5O2S2/c1-14(2,3)11-16-10(21-19-11)8-22-13-18-17-12(23-13)15-7-9-5-4-6-20-9/h4-6H,7-8H2,1-3H3,(H,15,17). The van der Waals surface area contributed by atoms with Crippen LogP contribution in [0.15, 0.2) is 31.7 Å². The van der Waals surface area contributed by atoms with Crippen LogP contribution in [0, 0.1) is 0 Å². The molecule has 9 heteroatoms. The average Bonchev–Trinajstić information content (AvgIpc) is 3.23. The fraction of sp³-hybridized carbons (Fsp3) is 0.429. The van der Waals surface area contributed by atoms with E-state index in [1.165, 1.54) is 23.1 Å². The van der Waals surface area contributed by atoms with Crippen LogP contribution in [0.3, 0.4) is 0 Å². The van der Waals surface area contributed by atoms with E-state index in [2.05, 4.69) is 46.4 Å². The molecule has 0 bridgehead atoms. The van der Waals surface area contributed by atoms with Crippen molar-refractivity contribution in [1.29, 1.82) is 0 Å². The Morgan fingerprint density at radius 3 is 2.87 bits per heavy atom. The van der Waals surface area contributed by atoms with E-state index in [9.17, 15) is 0 Å². The molecule has 122 valence electrons. The second kappa shape index (κ2) is 6.71. The third kappa shape index (κ3) is 4.32. The lowest BCUT2D eigenvalue weighted by atomic mass is 9.96. The van der Waals surface area contributed by atoms with Gasteiger partial charge in [-0.25, -0.2) is 0 Å². The molecular weight excluding hydrogens is 334 g/mol. The molecule has 7 nitrogen and oxygen atoms in total. The Morgan fingerprint density at radius 2 is 2.17 bits per heavy atom. The molecule has 0 radical (unpaired) electrons. The molecule has 3 aromatic rings. The number of nitrogens with zero attached hydrogens (tertiary/aromatic N) is 4. The first-order chi connectivity index (χ1) is 11.0. The van der Waals surface area contributed by atoms with E-state index >= 15 is 0 Å². The van der Waals surface area contributed by atoms with E-state index in [4.69, 9.17) is 8.94 Å². The lowest BCUT2D eigenvalue weighted by molar-refractivity contribution is 0.373. The number of furan rings is 1. The van der Waals surface area contributed by atoms with Gasteiger partial charge in [0.05, 0.1) is 18.6 Å². The summed E-state index contributed by atoms with van der Waals surface area (Å²) in [4.78, 5) is 4.40. The molecule has 0 atom stereocenters. The molecule has 0 aliphatic heterocycles. The van der Waals surface area contributed by atoms with Crippen molar-refractivity contribution in [3.8, 4) is 0 Å². The van der Waals surface area contributed by atoms with Crippen molar-refractivity contribution >= 4 is 28.2 Å². The second-order valence-corrected chi connectivity index (χ2v) is 8.06. The summed E-state index contributed by atoms with van der Waals surface area (Å²) in [5.41, 5.74) is -0.113. The lowest BCUT2D eigenvalue weighted by Crippen LogP contribution is -2.13. The number of anilines is 1. The SMILES string of the molecule is CC(C)(C)c1noc(CSc2nnc(NCc3ccco3)s2)n1. The largest absolute Gasteiger partial charge is 0.467 e. The molecule has 3 rings (SSSR count). The Hall–Kier alpha value is -1.87. The van der Waals surface area contributed by atoms with Gasteiger partial charge in [-0.2, -0.15) is 4.98 Å². The Labute approximate surface area is 141 Å². The highest BCUT2D eigenvalue weighted by Gasteiger charge is 2.21. The van der Waals surface area contributed by atoms with Gasteiger partial charge in [0.25, 0.3) is 0 Å². The zero-order valence-electron chi connectivity index (χ0n) is 13.1. The molecule has 0 aliphatic carbocycles. The summed E-state index contributed by atoms with van der Waals surface area (Å²) in [6.45, 7) is 6.74. The lowest BCUT2D eigenvalue weighted by Gasteiger charge is -2.10. The summed E-state index contributed by atoms with van der Waals surface area (Å²) in [7, 11) is 0. The molecule has 3 heterocycles. The first-order valence-electron chi connectivity index (χ1n) is 7.06. The van der Waals surface area contributed by atoms with Gasteiger partial charge in [-0.3, -0.25) is 0 Å². The number of thioether (sulfide) groups is 1. The fourth-order valence-corrected chi connectivity index (χ4v) is 3.24.